The van der Waals surface area contributed by atoms with Crippen molar-refractivity contribution in [3.63, 3.8) is 0 Å². The van der Waals surface area contributed by atoms with Gasteiger partial charge >= 0.3 is 44.8 Å². The average Bonchev–Trinajstić information content (AvgIpc) is 2.03. The Balaban J connectivity index is 0.00000144. The molecule has 1 aromatic carbocycles. The molecule has 0 saturated heterocycles. The van der Waals surface area contributed by atoms with Crippen molar-refractivity contribution in [2.24, 2.45) is 0 Å². The molecular formula is C7H7NaO4S. The second-order valence-corrected chi connectivity index (χ2v) is 3.45. The first-order chi connectivity index (χ1) is 5.52. The molecule has 0 heterocycles. The topological polar surface area (TPSA) is 71.4 Å². The normalized spacial score (nSPS) is 10.2. The number of hydrogen-bond acceptors (Lipinski definition) is 3. The Morgan fingerprint density at radius 2 is 1.62 bits per heavy atom. The molecule has 13 heavy (non-hydrogen) atoms. The summed E-state index contributed by atoms with van der Waals surface area (Å²) in [5.74, 6) is 0. The molecule has 0 aromatic heterocycles. The monoisotopic (exact) mass is 210 g/mol. The summed E-state index contributed by atoms with van der Waals surface area (Å²) in [7, 11) is -4.59. The molecule has 4 nitrogen and oxygen atoms in total. The van der Waals surface area contributed by atoms with Crippen LogP contribution in [-0.4, -0.2) is 47.6 Å². The van der Waals surface area contributed by atoms with Gasteiger partial charge in [0, 0.05) is 5.56 Å². The van der Waals surface area contributed by atoms with Crippen molar-refractivity contribution in [1.29, 1.82) is 0 Å². The van der Waals surface area contributed by atoms with E-state index < -0.39 is 15.2 Å². The Morgan fingerprint density at radius 1 is 1.15 bits per heavy atom. The van der Waals surface area contributed by atoms with Gasteiger partial charge in [0.2, 0.25) is 0 Å². The van der Waals surface area contributed by atoms with Crippen molar-refractivity contribution < 1.29 is 17.8 Å². The van der Waals surface area contributed by atoms with Gasteiger partial charge < -0.3 is 0 Å². The van der Waals surface area contributed by atoms with Crippen LogP contribution in [0, 0.1) is 0 Å². The Hall–Kier alpha value is -0.200. The van der Waals surface area contributed by atoms with Gasteiger partial charge in [0.05, 0.1) is 0 Å². The molecule has 1 aromatic rings. The zero-order valence-corrected chi connectivity index (χ0v) is 6.78. The van der Waals surface area contributed by atoms with Crippen LogP contribution in [0.25, 0.3) is 0 Å². The first kappa shape index (κ1) is 12.8. The molecule has 0 radical (unpaired) electrons. The standard InChI is InChI=1S/C7H6O4S.Na.H/c8-7(12(9,10)11)6-4-2-1-3-5-6;;/h1-5H,(H,9,10,11);;. The first-order valence-corrected chi connectivity index (χ1v) is 4.52. The predicted octanol–water partition coefficient (Wildman–Crippen LogP) is 0.0661. The van der Waals surface area contributed by atoms with Crippen LogP contribution in [0.1, 0.15) is 10.4 Å². The van der Waals surface area contributed by atoms with Crippen LogP contribution in [0.4, 0.5) is 0 Å². The van der Waals surface area contributed by atoms with Gasteiger partial charge in [-0.3, -0.25) is 9.35 Å². The summed E-state index contributed by atoms with van der Waals surface area (Å²) in [5, 5.41) is -1.27. The zero-order valence-electron chi connectivity index (χ0n) is 5.97. The van der Waals surface area contributed by atoms with Crippen molar-refractivity contribution in [1.82, 2.24) is 0 Å². The van der Waals surface area contributed by atoms with Gasteiger partial charge in [-0.15, -0.1) is 0 Å². The number of carbonyl (C=O) groups is 1. The van der Waals surface area contributed by atoms with Crippen molar-refractivity contribution in [2.45, 2.75) is 0 Å². The SMILES string of the molecule is O=C(c1ccccc1)S(=O)(=O)O.[NaH]. The Morgan fingerprint density at radius 3 is 2.00 bits per heavy atom. The van der Waals surface area contributed by atoms with E-state index in [1.165, 1.54) is 24.3 Å². The van der Waals surface area contributed by atoms with Crippen LogP contribution in [-0.2, 0) is 10.1 Å². The van der Waals surface area contributed by atoms with E-state index >= 15 is 0 Å². The summed E-state index contributed by atoms with van der Waals surface area (Å²) in [6, 6.07) is 7.30. The second-order valence-electron chi connectivity index (χ2n) is 2.13. The predicted molar refractivity (Wildman–Crippen MR) is 49.5 cm³/mol. The molecule has 0 aliphatic heterocycles. The summed E-state index contributed by atoms with van der Waals surface area (Å²) >= 11 is 0. The van der Waals surface area contributed by atoms with Crippen LogP contribution in [0.5, 0.6) is 0 Å². The third-order valence-corrected chi connectivity index (χ3v) is 1.95. The van der Waals surface area contributed by atoms with Crippen molar-refractivity contribution in [3.05, 3.63) is 35.9 Å². The quantitative estimate of drug-likeness (QED) is 0.525. The van der Waals surface area contributed by atoms with Gasteiger partial charge in [-0.25, -0.2) is 0 Å². The fourth-order valence-electron chi connectivity index (χ4n) is 0.723. The van der Waals surface area contributed by atoms with Gasteiger partial charge in [0.1, 0.15) is 0 Å². The molecular weight excluding hydrogens is 203 g/mol. The maximum absolute atomic E-state index is 10.8. The number of rotatable bonds is 1. The van der Waals surface area contributed by atoms with E-state index in [1.54, 1.807) is 6.07 Å². The molecule has 0 fully saturated rings. The van der Waals surface area contributed by atoms with Crippen LogP contribution in [0.3, 0.4) is 0 Å². The third-order valence-electron chi connectivity index (χ3n) is 1.24. The van der Waals surface area contributed by atoms with Gasteiger partial charge in [-0.05, 0) is 0 Å². The molecule has 0 saturated carbocycles. The second kappa shape index (κ2) is 4.88. The number of hydrogen-bond donors (Lipinski definition) is 1. The van der Waals surface area contributed by atoms with E-state index in [-0.39, 0.29) is 35.1 Å². The summed E-state index contributed by atoms with van der Waals surface area (Å²) in [6.45, 7) is 0. The third kappa shape index (κ3) is 3.58. The van der Waals surface area contributed by atoms with Gasteiger partial charge in [0.15, 0.2) is 0 Å². The fraction of sp³-hybridized carbons (Fsp3) is 0. The summed E-state index contributed by atoms with van der Waals surface area (Å²) < 4.78 is 29.0. The van der Waals surface area contributed by atoms with Gasteiger partial charge in [-0.1, -0.05) is 30.3 Å². The minimum atomic E-state index is -4.59. The molecule has 0 bridgehead atoms. The summed E-state index contributed by atoms with van der Waals surface area (Å²) in [4.78, 5) is 10.8. The molecule has 0 unspecified atom stereocenters. The van der Waals surface area contributed by atoms with E-state index in [0.29, 0.717) is 0 Å². The van der Waals surface area contributed by atoms with E-state index in [1.807, 2.05) is 0 Å². The van der Waals surface area contributed by atoms with E-state index in [0.717, 1.165) is 0 Å². The molecule has 1 rings (SSSR count). The molecule has 0 aliphatic rings. The zero-order chi connectivity index (χ0) is 9.19. The maximum atomic E-state index is 10.8. The van der Waals surface area contributed by atoms with Crippen molar-refractivity contribution in [3.8, 4) is 0 Å². The Labute approximate surface area is 98.0 Å². The Bertz CT molecular complexity index is 384. The Kier molecular flexibility index (Phi) is 4.80. The van der Waals surface area contributed by atoms with Crippen LogP contribution in [0.2, 0.25) is 0 Å². The van der Waals surface area contributed by atoms with Gasteiger partial charge in [-0.2, -0.15) is 8.42 Å². The molecule has 1 N–H and O–H groups in total. The number of benzene rings is 1. The fourth-order valence-corrected chi connectivity index (χ4v) is 1.16. The van der Waals surface area contributed by atoms with Crippen LogP contribution >= 0.6 is 0 Å². The summed E-state index contributed by atoms with van der Waals surface area (Å²) in [5.41, 5.74) is -0.0417. The molecule has 0 atom stereocenters. The number of carbonyl (C=O) groups excluding carboxylic acids is 1. The van der Waals surface area contributed by atoms with Crippen LogP contribution in [0.15, 0.2) is 30.3 Å². The van der Waals surface area contributed by atoms with Gasteiger partial charge in [0.25, 0.3) is 0 Å². The van der Waals surface area contributed by atoms with Crippen molar-refractivity contribution >= 4 is 44.8 Å². The van der Waals surface area contributed by atoms with E-state index in [2.05, 4.69) is 0 Å². The molecule has 0 aliphatic carbocycles. The summed E-state index contributed by atoms with van der Waals surface area (Å²) in [6.07, 6.45) is 0. The molecule has 0 amide bonds. The average molecular weight is 210 g/mol. The van der Waals surface area contributed by atoms with Crippen molar-refractivity contribution in [2.75, 3.05) is 0 Å². The minimum absolute atomic E-state index is 0. The molecule has 66 valence electrons. The first-order valence-electron chi connectivity index (χ1n) is 3.08. The van der Waals surface area contributed by atoms with Crippen LogP contribution < -0.4 is 0 Å². The molecule has 0 spiro atoms. The van der Waals surface area contributed by atoms with E-state index in [4.69, 9.17) is 4.55 Å². The molecule has 6 heteroatoms. The van der Waals surface area contributed by atoms with E-state index in [9.17, 15) is 13.2 Å².